The maximum absolute atomic E-state index is 10.7. The van der Waals surface area contributed by atoms with E-state index in [0.717, 1.165) is 31.2 Å². The minimum absolute atomic E-state index is 0.00941. The van der Waals surface area contributed by atoms with E-state index >= 15 is 0 Å². The van der Waals surface area contributed by atoms with Crippen LogP contribution in [-0.2, 0) is 6.42 Å². The normalized spacial score (nSPS) is 23.9. The zero-order chi connectivity index (χ0) is 13.8. The lowest BCUT2D eigenvalue weighted by atomic mass is 9.90. The van der Waals surface area contributed by atoms with Crippen molar-refractivity contribution in [1.82, 2.24) is 0 Å². The molecule has 4 nitrogen and oxygen atoms in total. The smallest absolute Gasteiger partial charge is 0.270 e. The van der Waals surface area contributed by atoms with Crippen LogP contribution in [0.2, 0.25) is 5.02 Å². The molecule has 1 aliphatic rings. The van der Waals surface area contributed by atoms with Crippen molar-refractivity contribution in [1.29, 1.82) is 0 Å². The summed E-state index contributed by atoms with van der Waals surface area (Å²) in [5, 5.41) is 21.2. The Morgan fingerprint density at radius 2 is 2.05 bits per heavy atom. The molecule has 1 aromatic carbocycles. The number of nitrogens with zero attached hydrogens (tertiary/aromatic N) is 1. The molecule has 0 amide bonds. The number of rotatable bonds is 3. The van der Waals surface area contributed by atoms with Crippen molar-refractivity contribution in [2.45, 2.75) is 44.6 Å². The Morgan fingerprint density at radius 3 is 2.74 bits per heavy atom. The van der Waals surface area contributed by atoms with E-state index in [4.69, 9.17) is 11.6 Å². The second-order valence-electron chi connectivity index (χ2n) is 5.20. The molecule has 0 aliphatic heterocycles. The van der Waals surface area contributed by atoms with Crippen molar-refractivity contribution in [3.8, 4) is 0 Å². The lowest BCUT2D eigenvalue weighted by Crippen LogP contribution is -2.21. The Hall–Kier alpha value is -1.13. The van der Waals surface area contributed by atoms with Gasteiger partial charge in [-0.3, -0.25) is 10.1 Å². The van der Waals surface area contributed by atoms with Crippen LogP contribution in [0.1, 0.15) is 37.7 Å². The molecular weight excluding hydrogens is 266 g/mol. The van der Waals surface area contributed by atoms with Gasteiger partial charge in [-0.2, -0.15) is 0 Å². The SMILES string of the molecule is O=[N+]([O-])c1ccc(CC2CCCCCC2O)c(Cl)c1. The standard InChI is InChI=1S/C14H18ClNO3/c15-13-9-12(16(18)19)7-6-10(13)8-11-4-2-1-3-5-14(11)17/h6-7,9,11,14,17H,1-5,8H2. The number of aliphatic hydroxyl groups is 1. The van der Waals surface area contributed by atoms with E-state index in [0.29, 0.717) is 11.4 Å². The molecule has 2 rings (SSSR count). The molecule has 1 N–H and O–H groups in total. The van der Waals surface area contributed by atoms with Crippen LogP contribution in [-0.4, -0.2) is 16.1 Å². The van der Waals surface area contributed by atoms with Gasteiger partial charge in [-0.1, -0.05) is 36.9 Å². The fourth-order valence-electron chi connectivity index (χ4n) is 2.70. The molecule has 0 radical (unpaired) electrons. The number of halogens is 1. The number of nitro benzene ring substituents is 1. The summed E-state index contributed by atoms with van der Waals surface area (Å²) in [6.45, 7) is 0. The third-order valence-corrected chi connectivity index (χ3v) is 4.20. The summed E-state index contributed by atoms with van der Waals surface area (Å²) >= 11 is 6.10. The van der Waals surface area contributed by atoms with Crippen LogP contribution in [0, 0.1) is 16.0 Å². The molecule has 104 valence electrons. The van der Waals surface area contributed by atoms with Crippen LogP contribution in [0.3, 0.4) is 0 Å². The first-order valence-electron chi connectivity index (χ1n) is 6.69. The van der Waals surface area contributed by atoms with E-state index in [2.05, 4.69) is 0 Å². The first-order chi connectivity index (χ1) is 9.08. The minimum Gasteiger partial charge on any atom is -0.393 e. The quantitative estimate of drug-likeness (QED) is 0.522. The van der Waals surface area contributed by atoms with Gasteiger partial charge in [0.15, 0.2) is 0 Å². The fraction of sp³-hybridized carbons (Fsp3) is 0.571. The Kier molecular flexibility index (Phi) is 4.77. The summed E-state index contributed by atoms with van der Waals surface area (Å²) in [6.07, 6.45) is 5.62. The number of benzene rings is 1. The van der Waals surface area contributed by atoms with Crippen molar-refractivity contribution in [2.75, 3.05) is 0 Å². The van der Waals surface area contributed by atoms with Crippen LogP contribution in [0.15, 0.2) is 18.2 Å². The summed E-state index contributed by atoms with van der Waals surface area (Å²) in [5.74, 6) is 0.210. The molecule has 0 heterocycles. The molecule has 2 unspecified atom stereocenters. The van der Waals surface area contributed by atoms with E-state index in [1.54, 1.807) is 6.07 Å². The number of nitro groups is 1. The first-order valence-corrected chi connectivity index (χ1v) is 7.06. The molecule has 2 atom stereocenters. The molecule has 0 aromatic heterocycles. The van der Waals surface area contributed by atoms with E-state index in [1.165, 1.54) is 18.6 Å². The summed E-state index contributed by atoms with van der Waals surface area (Å²) in [5.41, 5.74) is 0.897. The molecular formula is C14H18ClNO3. The van der Waals surface area contributed by atoms with Gasteiger partial charge < -0.3 is 5.11 Å². The third kappa shape index (κ3) is 3.67. The van der Waals surface area contributed by atoms with Gasteiger partial charge in [-0.05, 0) is 30.7 Å². The number of hydrogen-bond acceptors (Lipinski definition) is 3. The second-order valence-corrected chi connectivity index (χ2v) is 5.61. The van der Waals surface area contributed by atoms with Gasteiger partial charge in [0, 0.05) is 12.1 Å². The highest BCUT2D eigenvalue weighted by molar-refractivity contribution is 6.31. The van der Waals surface area contributed by atoms with Gasteiger partial charge in [0.25, 0.3) is 5.69 Å². The van der Waals surface area contributed by atoms with E-state index in [-0.39, 0.29) is 17.7 Å². The van der Waals surface area contributed by atoms with Crippen LogP contribution >= 0.6 is 11.6 Å². The van der Waals surface area contributed by atoms with E-state index in [1.807, 2.05) is 0 Å². The highest BCUT2D eigenvalue weighted by Crippen LogP contribution is 2.30. The van der Waals surface area contributed by atoms with E-state index in [9.17, 15) is 15.2 Å². The molecule has 5 heteroatoms. The fourth-order valence-corrected chi connectivity index (χ4v) is 2.95. The van der Waals surface area contributed by atoms with Crippen LogP contribution in [0.25, 0.3) is 0 Å². The highest BCUT2D eigenvalue weighted by Gasteiger charge is 2.23. The predicted octanol–water partition coefficient (Wildman–Crippen LogP) is 3.73. The molecule has 0 bridgehead atoms. The molecule has 1 aliphatic carbocycles. The number of hydrogen-bond donors (Lipinski definition) is 1. The lowest BCUT2D eigenvalue weighted by Gasteiger charge is -2.20. The summed E-state index contributed by atoms with van der Waals surface area (Å²) < 4.78 is 0. The minimum atomic E-state index is -0.448. The van der Waals surface area contributed by atoms with Gasteiger partial charge >= 0.3 is 0 Å². The Labute approximate surface area is 117 Å². The van der Waals surface area contributed by atoms with Gasteiger partial charge in [-0.25, -0.2) is 0 Å². The largest absolute Gasteiger partial charge is 0.393 e. The van der Waals surface area contributed by atoms with Crippen molar-refractivity contribution >= 4 is 17.3 Å². The Balaban J connectivity index is 2.11. The summed E-state index contributed by atoms with van der Waals surface area (Å²) in [4.78, 5) is 10.2. The Morgan fingerprint density at radius 1 is 1.32 bits per heavy atom. The molecule has 19 heavy (non-hydrogen) atoms. The zero-order valence-corrected chi connectivity index (χ0v) is 11.5. The number of non-ortho nitro benzene ring substituents is 1. The molecule has 1 fully saturated rings. The van der Waals surface area contributed by atoms with Crippen LogP contribution in [0.5, 0.6) is 0 Å². The molecule has 0 spiro atoms. The van der Waals surface area contributed by atoms with Crippen molar-refractivity contribution in [3.05, 3.63) is 38.9 Å². The van der Waals surface area contributed by atoms with Gasteiger partial charge in [0.1, 0.15) is 0 Å². The van der Waals surface area contributed by atoms with E-state index < -0.39 is 4.92 Å². The maximum Gasteiger partial charge on any atom is 0.270 e. The Bertz CT molecular complexity index is 464. The predicted molar refractivity (Wildman–Crippen MR) is 74.4 cm³/mol. The summed E-state index contributed by atoms with van der Waals surface area (Å²) in [7, 11) is 0. The number of aliphatic hydroxyl groups excluding tert-OH is 1. The van der Waals surface area contributed by atoms with Crippen molar-refractivity contribution in [3.63, 3.8) is 0 Å². The molecule has 1 aromatic rings. The average Bonchev–Trinajstić information content (AvgIpc) is 2.57. The van der Waals surface area contributed by atoms with Crippen molar-refractivity contribution < 1.29 is 10.0 Å². The van der Waals surface area contributed by atoms with Crippen LogP contribution in [0.4, 0.5) is 5.69 Å². The molecule has 1 saturated carbocycles. The third-order valence-electron chi connectivity index (χ3n) is 3.85. The topological polar surface area (TPSA) is 63.4 Å². The monoisotopic (exact) mass is 283 g/mol. The zero-order valence-electron chi connectivity index (χ0n) is 10.7. The lowest BCUT2D eigenvalue weighted by molar-refractivity contribution is -0.384. The maximum atomic E-state index is 10.7. The van der Waals surface area contributed by atoms with Crippen molar-refractivity contribution in [2.24, 2.45) is 5.92 Å². The average molecular weight is 284 g/mol. The van der Waals surface area contributed by atoms with Gasteiger partial charge in [0.05, 0.1) is 16.0 Å². The van der Waals surface area contributed by atoms with Gasteiger partial charge in [0.2, 0.25) is 0 Å². The summed E-state index contributed by atoms with van der Waals surface area (Å²) in [6, 6.07) is 4.57. The second kappa shape index (κ2) is 6.35. The van der Waals surface area contributed by atoms with Crippen LogP contribution < -0.4 is 0 Å². The highest BCUT2D eigenvalue weighted by atomic mass is 35.5. The van der Waals surface area contributed by atoms with Gasteiger partial charge in [-0.15, -0.1) is 0 Å². The molecule has 0 saturated heterocycles. The first kappa shape index (κ1) is 14.3.